The van der Waals surface area contributed by atoms with Crippen molar-refractivity contribution in [3.8, 4) is 5.75 Å². The molecule has 3 heterocycles. The Kier molecular flexibility index (Phi) is 12.4. The molecule has 3 aliphatic rings. The molecule has 2 aliphatic heterocycles. The third-order valence-electron chi connectivity index (χ3n) is 10.4. The maximum atomic E-state index is 13.4. The summed E-state index contributed by atoms with van der Waals surface area (Å²) in [5.41, 5.74) is -0.193. The number of amides is 3. The van der Waals surface area contributed by atoms with Crippen molar-refractivity contribution in [3.63, 3.8) is 0 Å². The van der Waals surface area contributed by atoms with Crippen molar-refractivity contribution in [2.24, 2.45) is 0 Å². The predicted molar refractivity (Wildman–Crippen MR) is 202 cm³/mol. The highest BCUT2D eigenvalue weighted by Crippen LogP contribution is 2.40. The Hall–Kier alpha value is -4.66. The Labute approximate surface area is 312 Å². The van der Waals surface area contributed by atoms with E-state index in [0.29, 0.717) is 61.1 Å². The molecule has 0 spiro atoms. The number of esters is 1. The summed E-state index contributed by atoms with van der Waals surface area (Å²) >= 11 is 0. The number of anilines is 4. The van der Waals surface area contributed by atoms with Gasteiger partial charge >= 0.3 is 12.1 Å². The minimum atomic E-state index is -1.25. The molecular formula is C38H56N8O7. The molecule has 15 nitrogen and oxygen atoms in total. The predicted octanol–water partition coefficient (Wildman–Crippen LogP) is 4.77. The number of rotatable bonds is 12. The standard InChI is InChI=1S/C38H56N8O7/c1-9-28-33(48)44(6)29-23-39-35(42-31(29)46(28)26-12-10-11-13-26)41-27-15-14-24(22-30(27)51-7)32(47)40-25-16-19-45(20-17-25)21-18-38(5,34(49)52-8)43-36(50)53-37(2,3)4/h14-15,22-23,25-26,28H,9-13,16-21H2,1-8H3,(H,40,47)(H,43,50)(H,39,41,42)/t28-,38+/m1/s1. The van der Waals surface area contributed by atoms with E-state index in [1.165, 1.54) is 7.11 Å². The van der Waals surface area contributed by atoms with Crippen molar-refractivity contribution >= 4 is 47.0 Å². The van der Waals surface area contributed by atoms with Crippen LogP contribution >= 0.6 is 0 Å². The van der Waals surface area contributed by atoms with Gasteiger partial charge in [-0.05, 0) is 84.4 Å². The van der Waals surface area contributed by atoms with E-state index in [2.05, 4.69) is 30.7 Å². The van der Waals surface area contributed by atoms with E-state index in [1.54, 1.807) is 71.1 Å². The lowest BCUT2D eigenvalue weighted by Gasteiger charge is -2.43. The van der Waals surface area contributed by atoms with E-state index in [1.807, 2.05) is 6.92 Å². The number of nitrogens with zero attached hydrogens (tertiary/aromatic N) is 5. The summed E-state index contributed by atoms with van der Waals surface area (Å²) in [5, 5.41) is 9.13. The minimum absolute atomic E-state index is 0.0295. The lowest BCUT2D eigenvalue weighted by Crippen LogP contribution is -2.55. The van der Waals surface area contributed by atoms with Crippen LogP contribution < -0.4 is 30.5 Å². The van der Waals surface area contributed by atoms with Gasteiger partial charge in [0.05, 0.1) is 26.1 Å². The summed E-state index contributed by atoms with van der Waals surface area (Å²) in [6, 6.07) is 5.17. The van der Waals surface area contributed by atoms with Gasteiger partial charge in [-0.2, -0.15) is 4.98 Å². The fourth-order valence-corrected chi connectivity index (χ4v) is 7.42. The zero-order valence-electron chi connectivity index (χ0n) is 32.4. The quantitative estimate of drug-likeness (QED) is 0.256. The fourth-order valence-electron chi connectivity index (χ4n) is 7.42. The van der Waals surface area contributed by atoms with Crippen molar-refractivity contribution in [2.75, 3.05) is 56.0 Å². The third-order valence-corrected chi connectivity index (χ3v) is 10.4. The summed E-state index contributed by atoms with van der Waals surface area (Å²) in [7, 11) is 4.62. The first-order valence-corrected chi connectivity index (χ1v) is 18.7. The van der Waals surface area contributed by atoms with Crippen LogP contribution in [-0.2, 0) is 19.1 Å². The molecule has 1 aliphatic carbocycles. The molecular weight excluding hydrogens is 680 g/mol. The zero-order chi connectivity index (χ0) is 38.5. The Bertz CT molecular complexity index is 1650. The SMILES string of the molecule is CC[C@@H]1C(=O)N(C)c2cnc(Nc3ccc(C(=O)NC4CCN(CC[C@](C)(NC(=O)OC(C)(C)C)C(=O)OC)CC4)cc3OC)nc2N1C1CCCC1. The van der Waals surface area contributed by atoms with Crippen LogP contribution in [0.1, 0.15) is 96.3 Å². The number of ether oxygens (including phenoxy) is 3. The Balaban J connectivity index is 1.19. The molecule has 2 atom stereocenters. The van der Waals surface area contributed by atoms with Crippen LogP contribution in [0.5, 0.6) is 5.75 Å². The van der Waals surface area contributed by atoms with Gasteiger partial charge in [-0.1, -0.05) is 19.8 Å². The van der Waals surface area contributed by atoms with Crippen molar-refractivity contribution in [2.45, 2.75) is 115 Å². The van der Waals surface area contributed by atoms with Gasteiger partial charge in [0.25, 0.3) is 5.91 Å². The molecule has 2 fully saturated rings. The number of hydrogen-bond donors (Lipinski definition) is 3. The number of nitrogens with one attached hydrogen (secondary N) is 3. The van der Waals surface area contributed by atoms with Gasteiger partial charge in [-0.3, -0.25) is 9.59 Å². The number of alkyl carbamates (subject to hydrolysis) is 1. The molecule has 15 heteroatoms. The Morgan fingerprint density at radius 2 is 1.72 bits per heavy atom. The second kappa shape index (κ2) is 16.6. The van der Waals surface area contributed by atoms with E-state index >= 15 is 0 Å². The average molecular weight is 737 g/mol. The van der Waals surface area contributed by atoms with E-state index in [-0.39, 0.29) is 29.9 Å². The molecule has 1 aromatic heterocycles. The van der Waals surface area contributed by atoms with Crippen molar-refractivity contribution in [3.05, 3.63) is 30.0 Å². The largest absolute Gasteiger partial charge is 0.495 e. The lowest BCUT2D eigenvalue weighted by molar-refractivity contribution is -0.148. The second-order valence-corrected chi connectivity index (χ2v) is 15.4. The molecule has 3 amide bonds. The summed E-state index contributed by atoms with van der Waals surface area (Å²) in [6.07, 6.45) is 7.82. The van der Waals surface area contributed by atoms with E-state index in [9.17, 15) is 19.2 Å². The van der Waals surface area contributed by atoms with Gasteiger partial charge in [0, 0.05) is 44.3 Å². The molecule has 2 aromatic rings. The molecule has 53 heavy (non-hydrogen) atoms. The van der Waals surface area contributed by atoms with Crippen LogP contribution in [0.2, 0.25) is 0 Å². The first-order valence-electron chi connectivity index (χ1n) is 18.7. The normalized spacial score (nSPS) is 19.6. The van der Waals surface area contributed by atoms with Crippen LogP contribution in [0.4, 0.5) is 27.9 Å². The second-order valence-electron chi connectivity index (χ2n) is 15.4. The summed E-state index contributed by atoms with van der Waals surface area (Å²) < 4.78 is 16.0. The molecule has 290 valence electrons. The highest BCUT2D eigenvalue weighted by atomic mass is 16.6. The molecule has 0 bridgehead atoms. The number of methoxy groups -OCH3 is 2. The van der Waals surface area contributed by atoms with Gasteiger partial charge in [0.1, 0.15) is 28.6 Å². The molecule has 3 N–H and O–H groups in total. The van der Waals surface area contributed by atoms with Crippen molar-refractivity contribution in [1.82, 2.24) is 25.5 Å². The Morgan fingerprint density at radius 3 is 2.34 bits per heavy atom. The van der Waals surface area contributed by atoms with Gasteiger partial charge < -0.3 is 44.9 Å². The number of fused-ring (bicyclic) bond motifs is 1. The molecule has 5 rings (SSSR count). The number of carbonyl (C=O) groups is 4. The van der Waals surface area contributed by atoms with Gasteiger partial charge in [0.15, 0.2) is 5.82 Å². The number of benzene rings is 1. The Morgan fingerprint density at radius 1 is 1.02 bits per heavy atom. The van der Waals surface area contributed by atoms with Crippen molar-refractivity contribution < 1.29 is 33.4 Å². The zero-order valence-corrected chi connectivity index (χ0v) is 32.4. The topological polar surface area (TPSA) is 168 Å². The van der Waals surface area contributed by atoms with Crippen LogP contribution in [0.15, 0.2) is 24.4 Å². The number of carbonyl (C=O) groups excluding carboxylic acids is 4. The number of likely N-dealkylation sites (N-methyl/N-ethyl adjacent to an activating group) is 1. The maximum Gasteiger partial charge on any atom is 0.408 e. The molecule has 1 saturated carbocycles. The van der Waals surface area contributed by atoms with Crippen LogP contribution in [0.25, 0.3) is 0 Å². The molecule has 1 aromatic carbocycles. The number of aromatic nitrogens is 2. The molecule has 1 saturated heterocycles. The first-order chi connectivity index (χ1) is 25.2. The smallest absolute Gasteiger partial charge is 0.408 e. The fraction of sp³-hybridized carbons (Fsp3) is 0.632. The van der Waals surface area contributed by atoms with E-state index in [0.717, 1.165) is 44.3 Å². The monoisotopic (exact) mass is 736 g/mol. The third kappa shape index (κ3) is 9.29. The van der Waals surface area contributed by atoms with Crippen LogP contribution in [0, 0.1) is 0 Å². The minimum Gasteiger partial charge on any atom is -0.495 e. The maximum absolute atomic E-state index is 13.4. The molecule has 0 radical (unpaired) electrons. The highest BCUT2D eigenvalue weighted by Gasteiger charge is 2.41. The van der Waals surface area contributed by atoms with Gasteiger partial charge in [-0.15, -0.1) is 0 Å². The molecule has 0 unspecified atom stereocenters. The lowest BCUT2D eigenvalue weighted by atomic mass is 9.96. The van der Waals surface area contributed by atoms with Crippen LogP contribution in [0.3, 0.4) is 0 Å². The van der Waals surface area contributed by atoms with E-state index < -0.39 is 23.2 Å². The number of piperidine rings is 1. The van der Waals surface area contributed by atoms with Gasteiger partial charge in [0.2, 0.25) is 11.9 Å². The first kappa shape index (κ1) is 39.5. The van der Waals surface area contributed by atoms with Crippen LogP contribution in [-0.4, -0.2) is 109 Å². The summed E-state index contributed by atoms with van der Waals surface area (Å²) in [4.78, 5) is 67.3. The summed E-state index contributed by atoms with van der Waals surface area (Å²) in [5.74, 6) is 0.903. The number of hydrogen-bond acceptors (Lipinski definition) is 12. The van der Waals surface area contributed by atoms with Crippen molar-refractivity contribution in [1.29, 1.82) is 0 Å². The number of likely N-dealkylation sites (tertiary alicyclic amines) is 1. The average Bonchev–Trinajstić information content (AvgIpc) is 3.66. The van der Waals surface area contributed by atoms with E-state index in [4.69, 9.17) is 19.2 Å². The summed E-state index contributed by atoms with van der Waals surface area (Å²) in [6.45, 7) is 10.9. The van der Waals surface area contributed by atoms with Gasteiger partial charge in [-0.25, -0.2) is 14.6 Å². The highest BCUT2D eigenvalue weighted by molar-refractivity contribution is 6.04.